The van der Waals surface area contributed by atoms with E-state index in [0.29, 0.717) is 11.1 Å². The second kappa shape index (κ2) is 3.22. The van der Waals surface area contributed by atoms with Crippen molar-refractivity contribution in [1.82, 2.24) is 0 Å². The highest BCUT2D eigenvalue weighted by molar-refractivity contribution is 6.04. The summed E-state index contributed by atoms with van der Waals surface area (Å²) < 4.78 is 0. The van der Waals surface area contributed by atoms with Gasteiger partial charge in [-0.05, 0) is 36.8 Å². The van der Waals surface area contributed by atoms with E-state index in [4.69, 9.17) is 5.11 Å². The monoisotopic (exact) mass is 162 g/mol. The zero-order valence-electron chi connectivity index (χ0n) is 6.87. The molecule has 0 radical (unpaired) electrons. The number of allylic oxidation sites excluding steroid dienone is 1. The first-order valence-electron chi connectivity index (χ1n) is 3.61. The van der Waals surface area contributed by atoms with Crippen LogP contribution in [0.15, 0.2) is 30.9 Å². The van der Waals surface area contributed by atoms with Crippen molar-refractivity contribution < 1.29 is 9.90 Å². The lowest BCUT2D eigenvalue weighted by molar-refractivity contribution is 0.104. The molecule has 12 heavy (non-hydrogen) atoms. The molecule has 0 saturated carbocycles. The largest absolute Gasteiger partial charge is 0.508 e. The third-order valence-electron chi connectivity index (χ3n) is 1.67. The first kappa shape index (κ1) is 8.53. The maximum atomic E-state index is 11.1. The van der Waals surface area contributed by atoms with Crippen LogP contribution < -0.4 is 0 Å². The highest BCUT2D eigenvalue weighted by Crippen LogP contribution is 2.17. The van der Waals surface area contributed by atoms with Crippen molar-refractivity contribution in [3.8, 4) is 5.75 Å². The van der Waals surface area contributed by atoms with Gasteiger partial charge >= 0.3 is 0 Å². The third kappa shape index (κ3) is 1.53. The number of carbonyl (C=O) groups excluding carboxylic acids is 1. The molecule has 0 aliphatic heterocycles. The van der Waals surface area contributed by atoms with Gasteiger partial charge in [0.15, 0.2) is 5.78 Å². The molecule has 0 heterocycles. The van der Waals surface area contributed by atoms with Gasteiger partial charge in [0.05, 0.1) is 0 Å². The summed E-state index contributed by atoms with van der Waals surface area (Å²) in [4.78, 5) is 11.1. The Bertz CT molecular complexity index is 327. The van der Waals surface area contributed by atoms with Crippen molar-refractivity contribution in [2.75, 3.05) is 0 Å². The Balaban J connectivity index is 3.13. The predicted octanol–water partition coefficient (Wildman–Crippen LogP) is 2.07. The SMILES string of the molecule is C=CC(=O)c1ccc(O)c(C)c1. The highest BCUT2D eigenvalue weighted by atomic mass is 16.3. The molecule has 0 fully saturated rings. The number of phenolic OH excluding ortho intramolecular Hbond substituents is 1. The Morgan fingerprint density at radius 2 is 2.25 bits per heavy atom. The first-order chi connectivity index (χ1) is 5.65. The Kier molecular flexibility index (Phi) is 2.29. The third-order valence-corrected chi connectivity index (χ3v) is 1.67. The number of phenols is 1. The molecule has 0 unspecified atom stereocenters. The summed E-state index contributed by atoms with van der Waals surface area (Å²) >= 11 is 0. The van der Waals surface area contributed by atoms with Crippen molar-refractivity contribution in [3.63, 3.8) is 0 Å². The summed E-state index contributed by atoms with van der Waals surface area (Å²) in [5.41, 5.74) is 1.25. The smallest absolute Gasteiger partial charge is 0.185 e. The molecule has 0 aliphatic rings. The van der Waals surface area contributed by atoms with Crippen molar-refractivity contribution in [3.05, 3.63) is 42.0 Å². The van der Waals surface area contributed by atoms with Crippen molar-refractivity contribution in [1.29, 1.82) is 0 Å². The minimum Gasteiger partial charge on any atom is -0.508 e. The van der Waals surface area contributed by atoms with Crippen LogP contribution in [0.3, 0.4) is 0 Å². The summed E-state index contributed by atoms with van der Waals surface area (Å²) in [5, 5.41) is 9.16. The molecule has 1 rings (SSSR count). The van der Waals surface area contributed by atoms with Crippen LogP contribution in [0.4, 0.5) is 0 Å². The quantitative estimate of drug-likeness (QED) is 0.534. The lowest BCUT2D eigenvalue weighted by Gasteiger charge is -1.99. The molecule has 62 valence electrons. The fourth-order valence-corrected chi connectivity index (χ4v) is 0.927. The van der Waals surface area contributed by atoms with Crippen LogP contribution in [0.2, 0.25) is 0 Å². The molecule has 0 saturated heterocycles. The van der Waals surface area contributed by atoms with Crippen LogP contribution in [0.5, 0.6) is 5.75 Å². The average molecular weight is 162 g/mol. The molecule has 0 bridgehead atoms. The van der Waals surface area contributed by atoms with E-state index in [1.807, 2.05) is 0 Å². The number of benzene rings is 1. The summed E-state index contributed by atoms with van der Waals surface area (Å²) in [6, 6.07) is 4.72. The van der Waals surface area contributed by atoms with Gasteiger partial charge in [-0.1, -0.05) is 6.58 Å². The molecule has 0 aromatic heterocycles. The van der Waals surface area contributed by atoms with Crippen LogP contribution in [0.25, 0.3) is 0 Å². The molecular weight excluding hydrogens is 152 g/mol. The number of hydrogen-bond acceptors (Lipinski definition) is 2. The zero-order valence-corrected chi connectivity index (χ0v) is 6.87. The number of carbonyl (C=O) groups is 1. The van der Waals surface area contributed by atoms with Gasteiger partial charge in [0.1, 0.15) is 5.75 Å². The van der Waals surface area contributed by atoms with Gasteiger partial charge in [-0.25, -0.2) is 0 Å². The average Bonchev–Trinajstić information content (AvgIpc) is 2.08. The van der Waals surface area contributed by atoms with Gasteiger partial charge in [0.2, 0.25) is 0 Å². The van der Waals surface area contributed by atoms with Gasteiger partial charge in [-0.3, -0.25) is 4.79 Å². The number of rotatable bonds is 2. The van der Waals surface area contributed by atoms with Crippen LogP contribution in [-0.4, -0.2) is 10.9 Å². The molecule has 1 aromatic rings. The number of aryl methyl sites for hydroxylation is 1. The van der Waals surface area contributed by atoms with E-state index in [9.17, 15) is 4.79 Å². The van der Waals surface area contributed by atoms with Gasteiger partial charge in [0, 0.05) is 5.56 Å². The minimum atomic E-state index is -0.127. The van der Waals surface area contributed by atoms with E-state index >= 15 is 0 Å². The van der Waals surface area contributed by atoms with Crippen LogP contribution in [0, 0.1) is 6.92 Å². The van der Waals surface area contributed by atoms with Crippen LogP contribution in [0.1, 0.15) is 15.9 Å². The van der Waals surface area contributed by atoms with Crippen LogP contribution >= 0.6 is 0 Å². The molecule has 1 aromatic carbocycles. The number of aromatic hydroxyl groups is 1. The summed E-state index contributed by atoms with van der Waals surface area (Å²) in [5.74, 6) is 0.0775. The Morgan fingerprint density at radius 1 is 1.58 bits per heavy atom. The molecule has 0 spiro atoms. The predicted molar refractivity (Wildman–Crippen MR) is 47.4 cm³/mol. The molecule has 0 aliphatic carbocycles. The maximum Gasteiger partial charge on any atom is 0.185 e. The normalized spacial score (nSPS) is 9.42. The van der Waals surface area contributed by atoms with Gasteiger partial charge in [0.25, 0.3) is 0 Å². The molecule has 2 heteroatoms. The fraction of sp³-hybridized carbons (Fsp3) is 0.100. The van der Waals surface area contributed by atoms with E-state index in [-0.39, 0.29) is 11.5 Å². The van der Waals surface area contributed by atoms with E-state index in [1.165, 1.54) is 12.1 Å². The van der Waals surface area contributed by atoms with Crippen LogP contribution in [-0.2, 0) is 0 Å². The lowest BCUT2D eigenvalue weighted by atomic mass is 10.1. The maximum absolute atomic E-state index is 11.1. The van der Waals surface area contributed by atoms with E-state index < -0.39 is 0 Å². The van der Waals surface area contributed by atoms with Gasteiger partial charge in [-0.15, -0.1) is 0 Å². The first-order valence-corrected chi connectivity index (χ1v) is 3.61. The molecule has 0 atom stereocenters. The number of ketones is 1. The topological polar surface area (TPSA) is 37.3 Å². The molecule has 0 amide bonds. The summed E-state index contributed by atoms with van der Waals surface area (Å²) in [6.45, 7) is 5.12. The van der Waals surface area contributed by atoms with Crippen molar-refractivity contribution in [2.45, 2.75) is 6.92 Å². The Hall–Kier alpha value is -1.57. The fourth-order valence-electron chi connectivity index (χ4n) is 0.927. The van der Waals surface area contributed by atoms with Gasteiger partial charge < -0.3 is 5.11 Å². The van der Waals surface area contributed by atoms with Crippen molar-refractivity contribution in [2.24, 2.45) is 0 Å². The Labute approximate surface area is 71.2 Å². The summed E-state index contributed by atoms with van der Waals surface area (Å²) in [7, 11) is 0. The number of hydrogen-bond donors (Lipinski definition) is 1. The second-order valence-corrected chi connectivity index (χ2v) is 2.57. The Morgan fingerprint density at radius 3 is 2.75 bits per heavy atom. The van der Waals surface area contributed by atoms with E-state index in [0.717, 1.165) is 0 Å². The zero-order chi connectivity index (χ0) is 9.14. The van der Waals surface area contributed by atoms with E-state index in [1.54, 1.807) is 19.1 Å². The van der Waals surface area contributed by atoms with Gasteiger partial charge in [-0.2, -0.15) is 0 Å². The molecule has 2 nitrogen and oxygen atoms in total. The highest BCUT2D eigenvalue weighted by Gasteiger charge is 2.02. The lowest BCUT2D eigenvalue weighted by Crippen LogP contribution is -1.93. The standard InChI is InChI=1S/C10H10O2/c1-3-9(11)8-4-5-10(12)7(2)6-8/h3-6,12H,1H2,2H3. The second-order valence-electron chi connectivity index (χ2n) is 2.57. The molecular formula is C10H10O2. The summed E-state index contributed by atoms with van der Waals surface area (Å²) in [6.07, 6.45) is 1.26. The van der Waals surface area contributed by atoms with E-state index in [2.05, 4.69) is 6.58 Å². The minimum absolute atomic E-state index is 0.127. The molecule has 1 N–H and O–H groups in total. The van der Waals surface area contributed by atoms with Crippen molar-refractivity contribution >= 4 is 5.78 Å².